The highest BCUT2D eigenvalue weighted by Crippen LogP contribution is 2.23. The molecule has 7 heteroatoms. The number of halogens is 1. The summed E-state index contributed by atoms with van der Waals surface area (Å²) in [6.07, 6.45) is 1.50. The molecule has 146 valence electrons. The topological polar surface area (TPSA) is 73.6 Å². The van der Waals surface area contributed by atoms with Crippen molar-refractivity contribution < 1.29 is 9.53 Å². The van der Waals surface area contributed by atoms with Gasteiger partial charge in [-0.15, -0.1) is 0 Å². The van der Waals surface area contributed by atoms with Crippen molar-refractivity contribution in [3.63, 3.8) is 0 Å². The van der Waals surface area contributed by atoms with Crippen molar-refractivity contribution in [2.24, 2.45) is 0 Å². The Morgan fingerprint density at radius 3 is 2.72 bits per heavy atom. The SMILES string of the molecule is CC(C)c1cc(C(=O)OCc2cc(=O)n3cc(Cl)ccc3n2)c2ccccc2n1. The summed E-state index contributed by atoms with van der Waals surface area (Å²) in [5, 5.41) is 1.16. The zero-order valence-corrected chi connectivity index (χ0v) is 16.7. The van der Waals surface area contributed by atoms with E-state index >= 15 is 0 Å². The zero-order chi connectivity index (χ0) is 20.5. The molecule has 0 spiro atoms. The van der Waals surface area contributed by atoms with Crippen LogP contribution in [-0.4, -0.2) is 20.3 Å². The van der Waals surface area contributed by atoms with Gasteiger partial charge in [0.1, 0.15) is 12.3 Å². The van der Waals surface area contributed by atoms with Gasteiger partial charge < -0.3 is 4.74 Å². The molecule has 0 N–H and O–H groups in total. The number of hydrogen-bond acceptors (Lipinski definition) is 5. The minimum atomic E-state index is -0.483. The highest BCUT2D eigenvalue weighted by molar-refractivity contribution is 6.30. The number of hydrogen-bond donors (Lipinski definition) is 0. The van der Waals surface area contributed by atoms with Crippen LogP contribution in [0.5, 0.6) is 0 Å². The van der Waals surface area contributed by atoms with Gasteiger partial charge in [-0.2, -0.15) is 0 Å². The summed E-state index contributed by atoms with van der Waals surface area (Å²) in [7, 11) is 0. The summed E-state index contributed by atoms with van der Waals surface area (Å²) in [6, 6.07) is 13.8. The number of fused-ring (bicyclic) bond motifs is 2. The Kier molecular flexibility index (Phi) is 5.03. The molecule has 0 bridgehead atoms. The van der Waals surface area contributed by atoms with Gasteiger partial charge >= 0.3 is 5.97 Å². The Balaban J connectivity index is 1.64. The van der Waals surface area contributed by atoms with Gasteiger partial charge in [-0.05, 0) is 30.2 Å². The maximum atomic E-state index is 12.8. The maximum absolute atomic E-state index is 12.8. The standard InChI is InChI=1S/C22H18ClN3O3/c1-13(2)19-10-17(16-5-3-4-6-18(16)25-19)22(28)29-12-15-9-21(27)26-11-14(23)7-8-20(26)24-15/h3-11,13H,12H2,1-2H3. The zero-order valence-electron chi connectivity index (χ0n) is 15.9. The summed E-state index contributed by atoms with van der Waals surface area (Å²) in [5.74, 6) is -0.316. The number of ether oxygens (including phenoxy) is 1. The summed E-state index contributed by atoms with van der Waals surface area (Å²) < 4.78 is 6.83. The van der Waals surface area contributed by atoms with Gasteiger partial charge in [0.15, 0.2) is 0 Å². The normalized spacial score (nSPS) is 11.3. The number of carbonyl (C=O) groups is 1. The Labute approximate surface area is 171 Å². The molecular weight excluding hydrogens is 390 g/mol. The first kappa shape index (κ1) is 19.1. The number of benzene rings is 1. The van der Waals surface area contributed by atoms with Crippen molar-refractivity contribution in [1.29, 1.82) is 0 Å². The Bertz CT molecular complexity index is 1300. The molecule has 0 saturated carbocycles. The number of esters is 1. The minimum Gasteiger partial charge on any atom is -0.456 e. The van der Waals surface area contributed by atoms with E-state index in [0.29, 0.717) is 21.9 Å². The van der Waals surface area contributed by atoms with Gasteiger partial charge in [-0.25, -0.2) is 9.78 Å². The molecule has 29 heavy (non-hydrogen) atoms. The van der Waals surface area contributed by atoms with E-state index < -0.39 is 5.97 Å². The molecule has 0 radical (unpaired) electrons. The number of para-hydroxylation sites is 1. The van der Waals surface area contributed by atoms with Crippen LogP contribution in [0.3, 0.4) is 0 Å². The molecule has 0 unspecified atom stereocenters. The van der Waals surface area contributed by atoms with Gasteiger partial charge in [0.2, 0.25) is 0 Å². The van der Waals surface area contributed by atoms with Gasteiger partial charge in [0.25, 0.3) is 5.56 Å². The molecule has 4 rings (SSSR count). The van der Waals surface area contributed by atoms with E-state index in [4.69, 9.17) is 16.3 Å². The van der Waals surface area contributed by atoms with Gasteiger partial charge in [-0.3, -0.25) is 14.2 Å². The summed E-state index contributed by atoms with van der Waals surface area (Å²) in [4.78, 5) is 34.1. The van der Waals surface area contributed by atoms with Gasteiger partial charge in [0, 0.05) is 23.3 Å². The highest BCUT2D eigenvalue weighted by atomic mass is 35.5. The lowest BCUT2D eigenvalue weighted by Gasteiger charge is -2.11. The van der Waals surface area contributed by atoms with Crippen molar-refractivity contribution in [3.05, 3.63) is 87.1 Å². The lowest BCUT2D eigenvalue weighted by Crippen LogP contribution is -2.16. The van der Waals surface area contributed by atoms with Crippen LogP contribution < -0.4 is 5.56 Å². The number of carbonyl (C=O) groups excluding carboxylic acids is 1. The van der Waals surface area contributed by atoms with Crippen LogP contribution in [0.25, 0.3) is 16.6 Å². The maximum Gasteiger partial charge on any atom is 0.339 e. The number of aromatic nitrogens is 3. The van der Waals surface area contributed by atoms with Crippen LogP contribution in [0.15, 0.2) is 59.5 Å². The van der Waals surface area contributed by atoms with E-state index in [0.717, 1.165) is 16.6 Å². The second kappa shape index (κ2) is 7.64. The van der Waals surface area contributed by atoms with E-state index in [1.54, 1.807) is 18.2 Å². The first-order chi connectivity index (χ1) is 13.9. The molecule has 6 nitrogen and oxygen atoms in total. The van der Waals surface area contributed by atoms with Gasteiger partial charge in [-0.1, -0.05) is 43.6 Å². The van der Waals surface area contributed by atoms with Crippen molar-refractivity contribution in [3.8, 4) is 0 Å². The summed E-state index contributed by atoms with van der Waals surface area (Å²) in [5.41, 5.74) is 2.51. The average molecular weight is 408 g/mol. The minimum absolute atomic E-state index is 0.110. The molecule has 3 heterocycles. The van der Waals surface area contributed by atoms with Crippen LogP contribution >= 0.6 is 11.6 Å². The number of pyridine rings is 2. The molecule has 0 fully saturated rings. The summed E-state index contributed by atoms with van der Waals surface area (Å²) >= 11 is 5.92. The lowest BCUT2D eigenvalue weighted by molar-refractivity contribution is 0.0470. The molecule has 0 aliphatic rings. The Morgan fingerprint density at radius 2 is 1.93 bits per heavy atom. The quantitative estimate of drug-likeness (QED) is 0.469. The molecule has 4 aromatic rings. The summed E-state index contributed by atoms with van der Waals surface area (Å²) in [6.45, 7) is 3.93. The van der Waals surface area contributed by atoms with Crippen molar-refractivity contribution in [2.75, 3.05) is 0 Å². The largest absolute Gasteiger partial charge is 0.456 e. The smallest absolute Gasteiger partial charge is 0.339 e. The Morgan fingerprint density at radius 1 is 1.14 bits per heavy atom. The molecule has 0 amide bonds. The van der Waals surface area contributed by atoms with Crippen LogP contribution in [0.4, 0.5) is 0 Å². The highest BCUT2D eigenvalue weighted by Gasteiger charge is 2.16. The van der Waals surface area contributed by atoms with Crippen molar-refractivity contribution in [1.82, 2.24) is 14.4 Å². The average Bonchev–Trinajstić information content (AvgIpc) is 2.71. The van der Waals surface area contributed by atoms with E-state index in [9.17, 15) is 9.59 Å². The second-order valence-corrected chi connectivity index (χ2v) is 7.44. The molecule has 0 aliphatic heterocycles. The first-order valence-electron chi connectivity index (χ1n) is 9.17. The van der Waals surface area contributed by atoms with Gasteiger partial charge in [0.05, 0.1) is 21.8 Å². The molecule has 0 saturated heterocycles. The molecular formula is C22H18ClN3O3. The van der Waals surface area contributed by atoms with E-state index in [-0.39, 0.29) is 18.1 Å². The molecule has 3 aromatic heterocycles. The van der Waals surface area contributed by atoms with E-state index in [1.165, 1.54) is 16.7 Å². The third kappa shape index (κ3) is 3.84. The first-order valence-corrected chi connectivity index (χ1v) is 9.55. The third-order valence-corrected chi connectivity index (χ3v) is 4.80. The number of nitrogens with zero attached hydrogens (tertiary/aromatic N) is 3. The molecule has 0 atom stereocenters. The van der Waals surface area contributed by atoms with Crippen LogP contribution in [-0.2, 0) is 11.3 Å². The molecule has 1 aromatic carbocycles. The monoisotopic (exact) mass is 407 g/mol. The van der Waals surface area contributed by atoms with Crippen LogP contribution in [0.2, 0.25) is 5.02 Å². The fourth-order valence-corrected chi connectivity index (χ4v) is 3.24. The van der Waals surface area contributed by atoms with Crippen molar-refractivity contribution >= 4 is 34.1 Å². The van der Waals surface area contributed by atoms with E-state index in [1.807, 2.05) is 38.1 Å². The predicted octanol–water partition coefficient (Wildman–Crippen LogP) is 4.38. The van der Waals surface area contributed by atoms with E-state index in [2.05, 4.69) is 9.97 Å². The fraction of sp³-hybridized carbons (Fsp3) is 0.182. The number of rotatable bonds is 4. The van der Waals surface area contributed by atoms with Crippen LogP contribution in [0, 0.1) is 0 Å². The lowest BCUT2D eigenvalue weighted by atomic mass is 10.0. The Hall–Kier alpha value is -3.25. The molecule has 0 aliphatic carbocycles. The van der Waals surface area contributed by atoms with Crippen LogP contribution in [0.1, 0.15) is 41.5 Å². The second-order valence-electron chi connectivity index (χ2n) is 7.00. The van der Waals surface area contributed by atoms with Crippen molar-refractivity contribution in [2.45, 2.75) is 26.4 Å². The fourth-order valence-electron chi connectivity index (χ4n) is 3.08. The third-order valence-electron chi connectivity index (χ3n) is 4.58. The predicted molar refractivity (Wildman–Crippen MR) is 111 cm³/mol.